The Bertz CT molecular complexity index is 359. The number of esters is 1. The molecule has 0 fully saturated rings. The Morgan fingerprint density at radius 2 is 2.38 bits per heavy atom. The van der Waals surface area contributed by atoms with E-state index in [4.69, 9.17) is 18.0 Å². The molecule has 2 N–H and O–H groups in total. The highest BCUT2D eigenvalue weighted by Crippen LogP contribution is 2.03. The van der Waals surface area contributed by atoms with Crippen LogP contribution in [0.1, 0.15) is 16.2 Å². The van der Waals surface area contributed by atoms with E-state index in [0.29, 0.717) is 5.69 Å². The molecule has 0 aliphatic heterocycles. The van der Waals surface area contributed by atoms with Gasteiger partial charge in [-0.3, -0.25) is 4.68 Å². The maximum Gasteiger partial charge on any atom is 0.358 e. The lowest BCUT2D eigenvalue weighted by Gasteiger charge is -1.95. The van der Waals surface area contributed by atoms with E-state index >= 15 is 0 Å². The molecule has 0 aromatic carbocycles. The molecule has 0 bridgehead atoms. The van der Waals surface area contributed by atoms with Crippen molar-refractivity contribution in [2.75, 3.05) is 7.11 Å². The molecule has 0 unspecified atom stereocenters. The monoisotopic (exact) mass is 199 g/mol. The molecule has 0 aliphatic rings. The maximum absolute atomic E-state index is 11.0. The number of aromatic nitrogens is 2. The fourth-order valence-corrected chi connectivity index (χ4v) is 1.09. The van der Waals surface area contributed by atoms with Crippen molar-refractivity contribution in [3.8, 4) is 0 Å². The Hall–Kier alpha value is -1.43. The van der Waals surface area contributed by atoms with Gasteiger partial charge < -0.3 is 10.5 Å². The van der Waals surface area contributed by atoms with Gasteiger partial charge in [0.05, 0.1) is 12.8 Å². The largest absolute Gasteiger partial charge is 0.464 e. The number of thiocarbonyl (C=S) groups is 1. The molecule has 0 atom stereocenters. The van der Waals surface area contributed by atoms with Crippen molar-refractivity contribution in [3.63, 3.8) is 0 Å². The number of carbonyl (C=O) groups is 1. The van der Waals surface area contributed by atoms with Crippen LogP contribution >= 0.6 is 12.2 Å². The van der Waals surface area contributed by atoms with Gasteiger partial charge in [0.1, 0.15) is 4.99 Å². The number of nitrogens with two attached hydrogens (primary N) is 1. The van der Waals surface area contributed by atoms with E-state index < -0.39 is 5.97 Å². The number of hydrogen-bond acceptors (Lipinski definition) is 4. The van der Waals surface area contributed by atoms with Gasteiger partial charge in [0.15, 0.2) is 5.69 Å². The molecular weight excluding hydrogens is 190 g/mol. The van der Waals surface area contributed by atoms with Gasteiger partial charge in [-0.25, -0.2) is 4.79 Å². The summed E-state index contributed by atoms with van der Waals surface area (Å²) in [6.07, 6.45) is 0. The van der Waals surface area contributed by atoms with Crippen LogP contribution in [0.5, 0.6) is 0 Å². The Morgan fingerprint density at radius 1 is 1.77 bits per heavy atom. The molecule has 0 amide bonds. The van der Waals surface area contributed by atoms with E-state index in [1.807, 2.05) is 0 Å². The first kappa shape index (κ1) is 9.66. The average Bonchev–Trinajstić information content (AvgIpc) is 2.46. The molecule has 1 aromatic rings. The molecule has 1 rings (SSSR count). The summed E-state index contributed by atoms with van der Waals surface area (Å²) in [6.45, 7) is 0. The van der Waals surface area contributed by atoms with Crippen LogP contribution in [0.4, 0.5) is 0 Å². The molecule has 1 heterocycles. The fraction of sp³-hybridized carbons (Fsp3) is 0.286. The zero-order valence-corrected chi connectivity index (χ0v) is 8.09. The van der Waals surface area contributed by atoms with Gasteiger partial charge in [0.2, 0.25) is 0 Å². The van der Waals surface area contributed by atoms with Crippen molar-refractivity contribution < 1.29 is 9.53 Å². The number of ether oxygens (including phenoxy) is 1. The van der Waals surface area contributed by atoms with Gasteiger partial charge in [-0.2, -0.15) is 5.10 Å². The third-order valence-electron chi connectivity index (χ3n) is 1.53. The third-order valence-corrected chi connectivity index (χ3v) is 1.74. The van der Waals surface area contributed by atoms with Crippen molar-refractivity contribution in [1.82, 2.24) is 9.78 Å². The van der Waals surface area contributed by atoms with Gasteiger partial charge >= 0.3 is 5.97 Å². The van der Waals surface area contributed by atoms with Crippen LogP contribution in [0, 0.1) is 0 Å². The molecule has 1 aromatic heterocycles. The minimum Gasteiger partial charge on any atom is -0.464 e. The van der Waals surface area contributed by atoms with Gasteiger partial charge in [0, 0.05) is 13.1 Å². The molecular formula is C7H9N3O2S. The number of hydrogen-bond donors (Lipinski definition) is 1. The normalized spacial score (nSPS) is 9.69. The number of aryl methyl sites for hydroxylation is 1. The van der Waals surface area contributed by atoms with Crippen molar-refractivity contribution in [3.05, 3.63) is 17.5 Å². The number of rotatable bonds is 2. The lowest BCUT2D eigenvalue weighted by atomic mass is 10.3. The van der Waals surface area contributed by atoms with E-state index in [0.717, 1.165) is 0 Å². The molecule has 6 heteroatoms. The van der Waals surface area contributed by atoms with Crippen molar-refractivity contribution >= 4 is 23.2 Å². The van der Waals surface area contributed by atoms with Gasteiger partial charge in [-0.1, -0.05) is 12.2 Å². The Labute approximate surface area is 80.5 Å². The summed E-state index contributed by atoms with van der Waals surface area (Å²) in [7, 11) is 2.94. The molecule has 0 saturated heterocycles. The van der Waals surface area contributed by atoms with Crippen LogP contribution in [0.25, 0.3) is 0 Å². The SMILES string of the molecule is COC(=O)c1cc(C(N)=S)n(C)n1. The smallest absolute Gasteiger partial charge is 0.358 e. The summed E-state index contributed by atoms with van der Waals surface area (Å²) in [5, 5.41) is 3.88. The molecule has 0 radical (unpaired) electrons. The topological polar surface area (TPSA) is 70.1 Å². The fourth-order valence-electron chi connectivity index (χ4n) is 0.902. The van der Waals surface area contributed by atoms with E-state index in [-0.39, 0.29) is 10.7 Å². The lowest BCUT2D eigenvalue weighted by molar-refractivity contribution is 0.0593. The number of carbonyl (C=O) groups excluding carboxylic acids is 1. The Kier molecular flexibility index (Phi) is 2.62. The van der Waals surface area contributed by atoms with E-state index in [1.165, 1.54) is 17.9 Å². The molecule has 0 aliphatic carbocycles. The summed E-state index contributed by atoms with van der Waals surface area (Å²) in [4.78, 5) is 11.2. The maximum atomic E-state index is 11.0. The second kappa shape index (κ2) is 3.53. The summed E-state index contributed by atoms with van der Waals surface area (Å²) < 4.78 is 5.92. The third kappa shape index (κ3) is 1.83. The van der Waals surface area contributed by atoms with Crippen LogP contribution in [0.2, 0.25) is 0 Å². The summed E-state index contributed by atoms with van der Waals surface area (Å²) in [5.74, 6) is -0.502. The molecule has 0 saturated carbocycles. The van der Waals surface area contributed by atoms with Crippen molar-refractivity contribution in [2.45, 2.75) is 0 Å². The first-order valence-electron chi connectivity index (χ1n) is 3.48. The second-order valence-electron chi connectivity index (χ2n) is 2.39. The van der Waals surface area contributed by atoms with Gasteiger partial charge in [0.25, 0.3) is 0 Å². The lowest BCUT2D eigenvalue weighted by Crippen LogP contribution is -2.14. The Morgan fingerprint density at radius 3 is 2.77 bits per heavy atom. The van der Waals surface area contributed by atoms with Crippen LogP contribution in [-0.4, -0.2) is 27.8 Å². The molecule has 13 heavy (non-hydrogen) atoms. The quantitative estimate of drug-likeness (QED) is 0.529. The van der Waals surface area contributed by atoms with E-state index in [2.05, 4.69) is 9.84 Å². The standard InChI is InChI=1S/C7H9N3O2S/c1-10-5(6(8)13)3-4(9-10)7(11)12-2/h3H,1-2H3,(H2,8,13). The Balaban J connectivity index is 3.09. The van der Waals surface area contributed by atoms with Crippen LogP contribution in [-0.2, 0) is 11.8 Å². The van der Waals surface area contributed by atoms with Crippen LogP contribution in [0.3, 0.4) is 0 Å². The summed E-state index contributed by atoms with van der Waals surface area (Å²) in [5.41, 5.74) is 6.13. The van der Waals surface area contributed by atoms with E-state index in [1.54, 1.807) is 7.05 Å². The summed E-state index contributed by atoms with van der Waals surface area (Å²) >= 11 is 4.75. The van der Waals surface area contributed by atoms with Crippen molar-refractivity contribution in [2.24, 2.45) is 12.8 Å². The predicted molar refractivity (Wildman–Crippen MR) is 50.4 cm³/mol. The highest BCUT2D eigenvalue weighted by atomic mass is 32.1. The molecule has 0 spiro atoms. The summed E-state index contributed by atoms with van der Waals surface area (Å²) in [6, 6.07) is 1.49. The first-order chi connectivity index (χ1) is 6.06. The highest BCUT2D eigenvalue weighted by molar-refractivity contribution is 7.80. The zero-order chi connectivity index (χ0) is 10.0. The highest BCUT2D eigenvalue weighted by Gasteiger charge is 2.13. The minimum absolute atomic E-state index is 0.199. The minimum atomic E-state index is -0.502. The predicted octanol–water partition coefficient (Wildman–Crippen LogP) is -0.159. The molecule has 70 valence electrons. The van der Waals surface area contributed by atoms with E-state index in [9.17, 15) is 4.79 Å². The van der Waals surface area contributed by atoms with Crippen LogP contribution in [0.15, 0.2) is 6.07 Å². The van der Waals surface area contributed by atoms with Gasteiger partial charge in [-0.15, -0.1) is 0 Å². The number of methoxy groups -OCH3 is 1. The first-order valence-corrected chi connectivity index (χ1v) is 3.89. The van der Waals surface area contributed by atoms with Crippen LogP contribution < -0.4 is 5.73 Å². The van der Waals surface area contributed by atoms with Crippen molar-refractivity contribution in [1.29, 1.82) is 0 Å². The van der Waals surface area contributed by atoms with Gasteiger partial charge in [-0.05, 0) is 0 Å². The number of nitrogens with zero attached hydrogens (tertiary/aromatic N) is 2. The molecule has 5 nitrogen and oxygen atoms in total. The average molecular weight is 199 g/mol. The zero-order valence-electron chi connectivity index (χ0n) is 7.27. The second-order valence-corrected chi connectivity index (χ2v) is 2.83.